The van der Waals surface area contributed by atoms with E-state index in [2.05, 4.69) is 30.3 Å². The summed E-state index contributed by atoms with van der Waals surface area (Å²) < 4.78 is 7.44. The third-order valence-electron chi connectivity index (χ3n) is 2.89. The van der Waals surface area contributed by atoms with Gasteiger partial charge in [0.1, 0.15) is 11.5 Å². The molecule has 0 amide bonds. The van der Waals surface area contributed by atoms with Crippen LogP contribution < -0.4 is 5.32 Å². The fraction of sp³-hybridized carbons (Fsp3) is 0.462. The van der Waals surface area contributed by atoms with Crippen molar-refractivity contribution in [3.05, 3.63) is 35.5 Å². The van der Waals surface area contributed by atoms with E-state index in [4.69, 9.17) is 4.42 Å². The molecule has 0 aliphatic carbocycles. The van der Waals surface area contributed by atoms with Crippen LogP contribution in [0, 0.1) is 13.8 Å². The van der Waals surface area contributed by atoms with Crippen LogP contribution in [0.1, 0.15) is 37.0 Å². The average Bonchev–Trinajstić information content (AvgIpc) is 2.85. The first-order valence-corrected chi connectivity index (χ1v) is 5.96. The number of furan rings is 1. The average molecular weight is 233 g/mol. The lowest BCUT2D eigenvalue weighted by Gasteiger charge is -2.12. The second kappa shape index (κ2) is 4.65. The highest BCUT2D eigenvalue weighted by Gasteiger charge is 2.12. The smallest absolute Gasteiger partial charge is 0.106 e. The van der Waals surface area contributed by atoms with Gasteiger partial charge >= 0.3 is 0 Å². The maximum Gasteiger partial charge on any atom is 0.106 e. The number of rotatable bonds is 4. The lowest BCUT2D eigenvalue weighted by molar-refractivity contribution is 0.500. The van der Waals surface area contributed by atoms with Crippen molar-refractivity contribution in [2.24, 2.45) is 0 Å². The quantitative estimate of drug-likeness (QED) is 0.881. The van der Waals surface area contributed by atoms with Crippen LogP contribution in [0.5, 0.6) is 0 Å². The Morgan fingerprint density at radius 2 is 2.24 bits per heavy atom. The van der Waals surface area contributed by atoms with E-state index in [1.54, 1.807) is 0 Å². The van der Waals surface area contributed by atoms with Crippen molar-refractivity contribution in [3.8, 4) is 0 Å². The molecule has 2 rings (SSSR count). The molecule has 1 unspecified atom stereocenters. The Hall–Kier alpha value is -1.71. The summed E-state index contributed by atoms with van der Waals surface area (Å²) in [7, 11) is 0. The van der Waals surface area contributed by atoms with Gasteiger partial charge in [-0.3, -0.25) is 4.68 Å². The van der Waals surface area contributed by atoms with Crippen LogP contribution in [0.15, 0.2) is 22.9 Å². The third kappa shape index (κ3) is 2.52. The minimum Gasteiger partial charge on any atom is -0.466 e. The fourth-order valence-electron chi connectivity index (χ4n) is 2.02. The Bertz CT molecular complexity index is 498. The third-order valence-corrected chi connectivity index (χ3v) is 2.89. The largest absolute Gasteiger partial charge is 0.466 e. The number of hydrogen-bond donors (Lipinski definition) is 1. The maximum absolute atomic E-state index is 5.54. The summed E-state index contributed by atoms with van der Waals surface area (Å²) in [5.41, 5.74) is 2.24. The number of hydrogen-bond acceptors (Lipinski definition) is 3. The second-order valence-corrected chi connectivity index (χ2v) is 4.32. The molecule has 0 aliphatic heterocycles. The highest BCUT2D eigenvalue weighted by Crippen LogP contribution is 2.24. The first-order valence-electron chi connectivity index (χ1n) is 5.96. The zero-order valence-corrected chi connectivity index (χ0v) is 10.8. The molecule has 17 heavy (non-hydrogen) atoms. The summed E-state index contributed by atoms with van der Waals surface area (Å²) in [6.45, 7) is 9.05. The van der Waals surface area contributed by atoms with Gasteiger partial charge in [0.2, 0.25) is 0 Å². The monoisotopic (exact) mass is 233 g/mol. The van der Waals surface area contributed by atoms with Crippen LogP contribution in [0.4, 0.5) is 5.69 Å². The first-order chi connectivity index (χ1) is 8.10. The van der Waals surface area contributed by atoms with Crippen molar-refractivity contribution >= 4 is 5.69 Å². The Morgan fingerprint density at radius 3 is 2.76 bits per heavy atom. The molecule has 0 fully saturated rings. The van der Waals surface area contributed by atoms with E-state index in [0.29, 0.717) is 0 Å². The van der Waals surface area contributed by atoms with E-state index in [1.807, 2.05) is 30.9 Å². The molecule has 0 saturated heterocycles. The van der Waals surface area contributed by atoms with Crippen LogP contribution in [0.25, 0.3) is 0 Å². The molecule has 2 aromatic heterocycles. The molecule has 0 aliphatic rings. The zero-order chi connectivity index (χ0) is 12.4. The van der Waals surface area contributed by atoms with Gasteiger partial charge < -0.3 is 9.73 Å². The zero-order valence-electron chi connectivity index (χ0n) is 10.8. The molecule has 0 saturated carbocycles. The second-order valence-electron chi connectivity index (χ2n) is 4.32. The van der Waals surface area contributed by atoms with E-state index in [1.165, 1.54) is 5.56 Å². The van der Waals surface area contributed by atoms with E-state index < -0.39 is 0 Å². The van der Waals surface area contributed by atoms with Crippen molar-refractivity contribution in [1.82, 2.24) is 9.78 Å². The van der Waals surface area contributed by atoms with Gasteiger partial charge in [0.05, 0.1) is 17.9 Å². The van der Waals surface area contributed by atoms with Crippen molar-refractivity contribution in [3.63, 3.8) is 0 Å². The normalized spacial score (nSPS) is 12.7. The summed E-state index contributed by atoms with van der Waals surface area (Å²) in [6, 6.07) is 2.30. The Labute approximate surface area is 102 Å². The summed E-state index contributed by atoms with van der Waals surface area (Å²) in [5.74, 6) is 1.93. The lowest BCUT2D eigenvalue weighted by Crippen LogP contribution is -2.06. The molecular weight excluding hydrogens is 214 g/mol. The van der Waals surface area contributed by atoms with Gasteiger partial charge in [-0.05, 0) is 33.8 Å². The number of aromatic nitrogens is 2. The molecule has 4 heteroatoms. The summed E-state index contributed by atoms with van der Waals surface area (Å²) >= 11 is 0. The van der Waals surface area contributed by atoms with Gasteiger partial charge in [0.15, 0.2) is 0 Å². The molecule has 2 heterocycles. The van der Waals surface area contributed by atoms with E-state index in [-0.39, 0.29) is 6.04 Å². The number of nitrogens with zero attached hydrogens (tertiary/aromatic N) is 2. The lowest BCUT2D eigenvalue weighted by atomic mass is 10.1. The predicted molar refractivity (Wildman–Crippen MR) is 68.1 cm³/mol. The van der Waals surface area contributed by atoms with E-state index in [9.17, 15) is 0 Å². The fourth-order valence-corrected chi connectivity index (χ4v) is 2.02. The highest BCUT2D eigenvalue weighted by molar-refractivity contribution is 5.42. The minimum atomic E-state index is 0.224. The van der Waals surface area contributed by atoms with E-state index in [0.717, 1.165) is 23.8 Å². The van der Waals surface area contributed by atoms with Crippen LogP contribution >= 0.6 is 0 Å². The topological polar surface area (TPSA) is 43.0 Å². The Morgan fingerprint density at radius 1 is 1.47 bits per heavy atom. The summed E-state index contributed by atoms with van der Waals surface area (Å²) in [6.07, 6.45) is 3.86. The standard InChI is InChI=1S/C13H19N3O/c1-5-16-8-12(7-14-16)15-10(3)13-6-9(2)17-11(13)4/h6-8,10,15H,5H2,1-4H3. The maximum atomic E-state index is 5.54. The molecule has 0 bridgehead atoms. The molecule has 4 nitrogen and oxygen atoms in total. The number of aryl methyl sites for hydroxylation is 3. The Kier molecular flexibility index (Phi) is 3.22. The number of anilines is 1. The molecule has 0 spiro atoms. The molecule has 92 valence electrons. The van der Waals surface area contributed by atoms with Gasteiger partial charge in [-0.2, -0.15) is 5.10 Å². The number of nitrogens with one attached hydrogen (secondary N) is 1. The van der Waals surface area contributed by atoms with Crippen molar-refractivity contribution in [1.29, 1.82) is 0 Å². The molecule has 1 atom stereocenters. The van der Waals surface area contributed by atoms with Gasteiger partial charge in [0, 0.05) is 18.3 Å². The van der Waals surface area contributed by atoms with Gasteiger partial charge in [-0.25, -0.2) is 0 Å². The van der Waals surface area contributed by atoms with Crippen molar-refractivity contribution < 1.29 is 4.42 Å². The van der Waals surface area contributed by atoms with Crippen molar-refractivity contribution in [2.75, 3.05) is 5.32 Å². The molecular formula is C13H19N3O. The molecule has 0 radical (unpaired) electrons. The highest BCUT2D eigenvalue weighted by atomic mass is 16.3. The first kappa shape index (κ1) is 11.8. The van der Waals surface area contributed by atoms with Gasteiger partial charge in [-0.15, -0.1) is 0 Å². The van der Waals surface area contributed by atoms with Gasteiger partial charge in [0.25, 0.3) is 0 Å². The minimum absolute atomic E-state index is 0.224. The van der Waals surface area contributed by atoms with Crippen LogP contribution in [-0.4, -0.2) is 9.78 Å². The molecule has 1 N–H and O–H groups in total. The van der Waals surface area contributed by atoms with Gasteiger partial charge in [-0.1, -0.05) is 0 Å². The van der Waals surface area contributed by atoms with E-state index >= 15 is 0 Å². The predicted octanol–water partition coefficient (Wildman–Crippen LogP) is 3.29. The van der Waals surface area contributed by atoms with Crippen LogP contribution in [-0.2, 0) is 6.54 Å². The molecule has 0 aromatic carbocycles. The summed E-state index contributed by atoms with van der Waals surface area (Å²) in [5, 5.41) is 7.66. The van der Waals surface area contributed by atoms with Crippen LogP contribution in [0.2, 0.25) is 0 Å². The molecule has 2 aromatic rings. The summed E-state index contributed by atoms with van der Waals surface area (Å²) in [4.78, 5) is 0. The SMILES string of the molecule is CCn1cc(NC(C)c2cc(C)oc2C)cn1. The Balaban J connectivity index is 2.11. The van der Waals surface area contributed by atoms with Crippen LogP contribution in [0.3, 0.4) is 0 Å². The van der Waals surface area contributed by atoms with Crippen molar-refractivity contribution in [2.45, 2.75) is 40.3 Å².